The second kappa shape index (κ2) is 7.33. The van der Waals surface area contributed by atoms with Crippen LogP contribution in [0.1, 0.15) is 26.7 Å². The Morgan fingerprint density at radius 1 is 1.44 bits per heavy atom. The number of amides is 2. The van der Waals surface area contributed by atoms with Crippen LogP contribution in [0.3, 0.4) is 0 Å². The van der Waals surface area contributed by atoms with E-state index in [0.29, 0.717) is 26.2 Å². The molecule has 0 aromatic rings. The van der Waals surface area contributed by atoms with Crippen LogP contribution in [0, 0.1) is 5.92 Å². The van der Waals surface area contributed by atoms with E-state index in [1.54, 1.807) is 0 Å². The first-order valence-corrected chi connectivity index (χ1v) is 6.45. The molecule has 4 N–H and O–H groups in total. The average molecular weight is 257 g/mol. The molecule has 1 aliphatic rings. The average Bonchev–Trinajstić information content (AvgIpc) is 2.75. The van der Waals surface area contributed by atoms with Crippen molar-refractivity contribution in [3.05, 3.63) is 0 Å². The summed E-state index contributed by atoms with van der Waals surface area (Å²) in [5.41, 5.74) is 5.73. The maximum atomic E-state index is 11.7. The highest BCUT2D eigenvalue weighted by Crippen LogP contribution is 2.11. The van der Waals surface area contributed by atoms with Crippen molar-refractivity contribution in [1.82, 2.24) is 10.6 Å². The smallest absolute Gasteiger partial charge is 0.227 e. The molecule has 1 aliphatic heterocycles. The first kappa shape index (κ1) is 14.9. The minimum atomic E-state index is -0.289. The van der Waals surface area contributed by atoms with E-state index in [1.807, 2.05) is 13.8 Å². The highest BCUT2D eigenvalue weighted by molar-refractivity contribution is 5.81. The predicted octanol–water partition coefficient (Wildman–Crippen LogP) is -0.619. The first-order chi connectivity index (χ1) is 8.54. The monoisotopic (exact) mass is 257 g/mol. The van der Waals surface area contributed by atoms with Gasteiger partial charge < -0.3 is 21.1 Å². The minimum Gasteiger partial charge on any atom is -0.379 e. The van der Waals surface area contributed by atoms with E-state index in [1.165, 1.54) is 0 Å². The molecule has 0 bridgehead atoms. The number of nitrogens with one attached hydrogen (secondary N) is 2. The highest BCUT2D eigenvalue weighted by atomic mass is 16.5. The van der Waals surface area contributed by atoms with E-state index in [4.69, 9.17) is 10.5 Å². The number of rotatable bonds is 6. The molecule has 0 radical (unpaired) electrons. The summed E-state index contributed by atoms with van der Waals surface area (Å²) in [4.78, 5) is 23.2. The van der Waals surface area contributed by atoms with Crippen molar-refractivity contribution >= 4 is 11.8 Å². The fourth-order valence-corrected chi connectivity index (χ4v) is 1.72. The maximum absolute atomic E-state index is 11.7. The molecule has 1 fully saturated rings. The molecule has 1 heterocycles. The standard InChI is InChI=1S/C12H23N3O3/c1-3-8(2)15-11(16)4-5-14-12(17)9-6-18-7-10(9)13/h8-10H,3-7,13H2,1-2H3,(H,14,17)(H,15,16). The third kappa shape index (κ3) is 4.62. The number of hydrogen-bond donors (Lipinski definition) is 3. The Balaban J connectivity index is 2.17. The van der Waals surface area contributed by atoms with Crippen molar-refractivity contribution in [3.63, 3.8) is 0 Å². The Kier molecular flexibility index (Phi) is 6.07. The van der Waals surface area contributed by atoms with Crippen LogP contribution in [0.2, 0.25) is 0 Å². The number of nitrogens with two attached hydrogens (primary N) is 1. The Morgan fingerprint density at radius 2 is 2.17 bits per heavy atom. The van der Waals surface area contributed by atoms with Crippen LogP contribution in [-0.2, 0) is 14.3 Å². The van der Waals surface area contributed by atoms with Crippen LogP contribution < -0.4 is 16.4 Å². The number of carbonyl (C=O) groups is 2. The summed E-state index contributed by atoms with van der Waals surface area (Å²) in [6.45, 7) is 5.09. The van der Waals surface area contributed by atoms with Crippen LogP contribution >= 0.6 is 0 Å². The maximum Gasteiger partial charge on any atom is 0.227 e. The van der Waals surface area contributed by atoms with E-state index in [0.717, 1.165) is 6.42 Å². The van der Waals surface area contributed by atoms with Gasteiger partial charge in [0.25, 0.3) is 0 Å². The normalized spacial score (nSPS) is 24.6. The highest BCUT2D eigenvalue weighted by Gasteiger charge is 2.30. The lowest BCUT2D eigenvalue weighted by Gasteiger charge is -2.14. The molecule has 3 atom stereocenters. The number of hydrogen-bond acceptors (Lipinski definition) is 4. The van der Waals surface area contributed by atoms with Crippen molar-refractivity contribution in [2.75, 3.05) is 19.8 Å². The van der Waals surface area contributed by atoms with E-state index in [9.17, 15) is 9.59 Å². The van der Waals surface area contributed by atoms with Gasteiger partial charge in [-0.2, -0.15) is 0 Å². The fraction of sp³-hybridized carbons (Fsp3) is 0.833. The van der Waals surface area contributed by atoms with Gasteiger partial charge in [0.15, 0.2) is 0 Å². The van der Waals surface area contributed by atoms with Gasteiger partial charge in [-0.1, -0.05) is 6.92 Å². The largest absolute Gasteiger partial charge is 0.379 e. The van der Waals surface area contributed by atoms with Crippen LogP contribution in [-0.4, -0.2) is 43.7 Å². The second-order valence-corrected chi connectivity index (χ2v) is 4.73. The summed E-state index contributed by atoms with van der Waals surface area (Å²) in [5.74, 6) is -0.462. The van der Waals surface area contributed by atoms with Gasteiger partial charge in [-0.3, -0.25) is 9.59 Å². The molecule has 18 heavy (non-hydrogen) atoms. The molecule has 3 unspecified atom stereocenters. The Labute approximate surface area is 108 Å². The summed E-state index contributed by atoms with van der Waals surface area (Å²) in [6.07, 6.45) is 1.19. The van der Waals surface area contributed by atoms with Gasteiger partial charge in [-0.15, -0.1) is 0 Å². The van der Waals surface area contributed by atoms with E-state index < -0.39 is 0 Å². The van der Waals surface area contributed by atoms with Gasteiger partial charge in [-0.25, -0.2) is 0 Å². The van der Waals surface area contributed by atoms with Gasteiger partial charge in [0, 0.05) is 25.0 Å². The lowest BCUT2D eigenvalue weighted by atomic mass is 10.0. The first-order valence-electron chi connectivity index (χ1n) is 6.45. The zero-order valence-corrected chi connectivity index (χ0v) is 11.1. The summed E-state index contributed by atoms with van der Waals surface area (Å²) >= 11 is 0. The van der Waals surface area contributed by atoms with Gasteiger partial charge in [-0.05, 0) is 13.3 Å². The molecule has 0 saturated carbocycles. The van der Waals surface area contributed by atoms with E-state index in [2.05, 4.69) is 10.6 Å². The van der Waals surface area contributed by atoms with Crippen molar-refractivity contribution in [3.8, 4) is 0 Å². The molecular formula is C12H23N3O3. The van der Waals surface area contributed by atoms with Gasteiger partial charge in [0.05, 0.1) is 19.1 Å². The SMILES string of the molecule is CCC(C)NC(=O)CCNC(=O)C1COCC1N. The zero-order valence-electron chi connectivity index (χ0n) is 11.1. The number of carbonyl (C=O) groups excluding carboxylic acids is 2. The number of ether oxygens (including phenoxy) is 1. The molecule has 6 heteroatoms. The zero-order chi connectivity index (χ0) is 13.5. The van der Waals surface area contributed by atoms with Crippen LogP contribution in [0.15, 0.2) is 0 Å². The molecular weight excluding hydrogens is 234 g/mol. The Morgan fingerprint density at radius 3 is 2.72 bits per heavy atom. The summed E-state index contributed by atoms with van der Waals surface area (Å²) in [6, 6.07) is -0.0659. The lowest BCUT2D eigenvalue weighted by Crippen LogP contribution is -2.42. The van der Waals surface area contributed by atoms with Gasteiger partial charge in [0.1, 0.15) is 0 Å². The molecule has 1 rings (SSSR count). The third-order valence-corrected chi connectivity index (χ3v) is 3.13. The lowest BCUT2D eigenvalue weighted by molar-refractivity contribution is -0.125. The molecule has 0 aromatic carbocycles. The fourth-order valence-electron chi connectivity index (χ4n) is 1.72. The second-order valence-electron chi connectivity index (χ2n) is 4.73. The molecule has 2 amide bonds. The van der Waals surface area contributed by atoms with Crippen LogP contribution in [0.5, 0.6) is 0 Å². The van der Waals surface area contributed by atoms with E-state index in [-0.39, 0.29) is 29.8 Å². The third-order valence-electron chi connectivity index (χ3n) is 3.13. The molecule has 1 saturated heterocycles. The van der Waals surface area contributed by atoms with Gasteiger partial charge in [0.2, 0.25) is 11.8 Å². The topological polar surface area (TPSA) is 93.5 Å². The predicted molar refractivity (Wildman–Crippen MR) is 67.8 cm³/mol. The molecule has 6 nitrogen and oxygen atoms in total. The summed E-state index contributed by atoms with van der Waals surface area (Å²) in [7, 11) is 0. The Bertz CT molecular complexity index is 296. The van der Waals surface area contributed by atoms with Crippen molar-refractivity contribution in [2.24, 2.45) is 11.7 Å². The van der Waals surface area contributed by atoms with Crippen molar-refractivity contribution < 1.29 is 14.3 Å². The van der Waals surface area contributed by atoms with Crippen molar-refractivity contribution in [1.29, 1.82) is 0 Å². The summed E-state index contributed by atoms with van der Waals surface area (Å²) < 4.78 is 5.12. The van der Waals surface area contributed by atoms with Crippen LogP contribution in [0.4, 0.5) is 0 Å². The minimum absolute atomic E-state index is 0.0448. The quantitative estimate of drug-likeness (QED) is 0.591. The molecule has 104 valence electrons. The molecule has 0 spiro atoms. The molecule has 0 aromatic heterocycles. The summed E-state index contributed by atoms with van der Waals surface area (Å²) in [5, 5.41) is 5.56. The molecule has 0 aliphatic carbocycles. The Hall–Kier alpha value is -1.14. The van der Waals surface area contributed by atoms with E-state index >= 15 is 0 Å². The van der Waals surface area contributed by atoms with Crippen LogP contribution in [0.25, 0.3) is 0 Å². The van der Waals surface area contributed by atoms with Gasteiger partial charge >= 0.3 is 0 Å². The van der Waals surface area contributed by atoms with Crippen molar-refractivity contribution in [2.45, 2.75) is 38.8 Å².